The predicted octanol–water partition coefficient (Wildman–Crippen LogP) is 2.68. The number of rotatable bonds is 11. The molecule has 1 heterocycles. The summed E-state index contributed by atoms with van der Waals surface area (Å²) in [5, 5.41) is 0. The van der Waals surface area contributed by atoms with E-state index in [1.165, 1.54) is 0 Å². The van der Waals surface area contributed by atoms with Gasteiger partial charge in [-0.05, 0) is 49.4 Å². The minimum atomic E-state index is 0.190. The van der Waals surface area contributed by atoms with Crippen LogP contribution in [0.3, 0.4) is 0 Å². The number of urea groups is 1. The first-order valence-electron chi connectivity index (χ1n) is 7.81. The molecule has 0 aromatic heterocycles. The number of hydrogen-bond acceptors (Lipinski definition) is 5. The lowest BCUT2D eigenvalue weighted by atomic mass is 10.3. The van der Waals surface area contributed by atoms with Crippen LogP contribution in [-0.2, 0) is 0 Å². The van der Waals surface area contributed by atoms with Crippen molar-refractivity contribution in [2.75, 3.05) is 50.2 Å². The van der Waals surface area contributed by atoms with E-state index in [0.29, 0.717) is 0 Å². The molecule has 0 radical (unpaired) electrons. The third-order valence-corrected chi connectivity index (χ3v) is 4.54. The van der Waals surface area contributed by atoms with Gasteiger partial charge in [0.2, 0.25) is 0 Å². The number of amides is 2. The molecule has 0 saturated carbocycles. The Hall–Kier alpha value is 0.280. The summed E-state index contributed by atoms with van der Waals surface area (Å²) in [6, 6.07) is 0.190. The normalized spacial score (nSPS) is 16.8. The fourth-order valence-corrected chi connectivity index (χ4v) is 3.03. The van der Waals surface area contributed by atoms with Crippen molar-refractivity contribution in [1.29, 1.82) is 0 Å². The first-order valence-corrected chi connectivity index (χ1v) is 9.71. The second-order valence-electron chi connectivity index (χ2n) is 5.43. The van der Waals surface area contributed by atoms with Gasteiger partial charge in [-0.2, -0.15) is 37.9 Å². The molecular formula is C14H29N3OS3. The Bertz CT molecular complexity index is 273. The molecule has 0 aromatic rings. The summed E-state index contributed by atoms with van der Waals surface area (Å²) in [4.78, 5) is 18.8. The highest BCUT2D eigenvalue weighted by molar-refractivity contribution is 7.80. The minimum Gasteiger partial charge on any atom is -0.312 e. The van der Waals surface area contributed by atoms with Gasteiger partial charge < -0.3 is 9.80 Å². The number of unbranched alkanes of at least 4 members (excludes halogenated alkanes) is 2. The van der Waals surface area contributed by atoms with Gasteiger partial charge in [0.25, 0.3) is 0 Å². The summed E-state index contributed by atoms with van der Waals surface area (Å²) < 4.78 is 0. The SMILES string of the molecule is O=C1N(CCCCS)CN(CCCS)CN1CCCCS. The standard InChI is InChI=1S/C14H29N3OS3/c18-14-16(7-1-3-9-19)12-15(6-5-11-21)13-17(14)8-2-4-10-20/h19-21H,1-13H2. The average molecular weight is 352 g/mol. The Kier molecular flexibility index (Phi) is 10.9. The van der Waals surface area contributed by atoms with E-state index in [9.17, 15) is 4.79 Å². The minimum absolute atomic E-state index is 0.190. The fraction of sp³-hybridized carbons (Fsp3) is 0.929. The quantitative estimate of drug-likeness (QED) is 0.394. The lowest BCUT2D eigenvalue weighted by molar-refractivity contribution is 0.0325. The van der Waals surface area contributed by atoms with E-state index in [1.807, 2.05) is 9.80 Å². The fourth-order valence-electron chi connectivity index (χ4n) is 2.45. The van der Waals surface area contributed by atoms with Crippen LogP contribution < -0.4 is 0 Å². The lowest BCUT2D eigenvalue weighted by Gasteiger charge is -2.42. The van der Waals surface area contributed by atoms with E-state index in [-0.39, 0.29) is 6.03 Å². The summed E-state index contributed by atoms with van der Waals surface area (Å²) in [7, 11) is 0. The van der Waals surface area contributed by atoms with Crippen molar-refractivity contribution in [2.24, 2.45) is 0 Å². The van der Waals surface area contributed by atoms with Gasteiger partial charge in [-0.3, -0.25) is 4.90 Å². The smallest absolute Gasteiger partial charge is 0.312 e. The van der Waals surface area contributed by atoms with E-state index < -0.39 is 0 Å². The largest absolute Gasteiger partial charge is 0.322 e. The Morgan fingerprint density at radius 3 is 1.62 bits per heavy atom. The molecule has 0 aliphatic carbocycles. The van der Waals surface area contributed by atoms with E-state index in [4.69, 9.17) is 0 Å². The maximum absolute atomic E-state index is 12.5. The summed E-state index contributed by atoms with van der Waals surface area (Å²) in [5.41, 5.74) is 0. The summed E-state index contributed by atoms with van der Waals surface area (Å²) >= 11 is 12.8. The van der Waals surface area contributed by atoms with Crippen LogP contribution in [0.5, 0.6) is 0 Å². The Labute approximate surface area is 145 Å². The molecule has 0 unspecified atom stereocenters. The van der Waals surface area contributed by atoms with Crippen LogP contribution in [0.2, 0.25) is 0 Å². The Morgan fingerprint density at radius 1 is 0.714 bits per heavy atom. The van der Waals surface area contributed by atoms with Gasteiger partial charge in [-0.15, -0.1) is 0 Å². The summed E-state index contributed by atoms with van der Waals surface area (Å²) in [5.74, 6) is 2.66. The van der Waals surface area contributed by atoms with Crippen molar-refractivity contribution in [3.63, 3.8) is 0 Å². The second kappa shape index (κ2) is 11.8. The number of nitrogens with zero attached hydrogens (tertiary/aromatic N) is 3. The third kappa shape index (κ3) is 7.39. The number of hydrogen-bond donors (Lipinski definition) is 3. The molecule has 2 amide bonds. The van der Waals surface area contributed by atoms with Crippen LogP contribution in [0, 0.1) is 0 Å². The highest BCUT2D eigenvalue weighted by Crippen LogP contribution is 2.13. The van der Waals surface area contributed by atoms with Gasteiger partial charge >= 0.3 is 6.03 Å². The molecule has 1 fully saturated rings. The molecule has 1 saturated heterocycles. The van der Waals surface area contributed by atoms with Crippen molar-refractivity contribution in [2.45, 2.75) is 32.1 Å². The number of thiol groups is 3. The van der Waals surface area contributed by atoms with Gasteiger partial charge in [-0.1, -0.05) is 0 Å². The van der Waals surface area contributed by atoms with Crippen LogP contribution in [0.15, 0.2) is 0 Å². The Morgan fingerprint density at radius 2 is 1.19 bits per heavy atom. The number of carbonyl (C=O) groups excluding carboxylic acids is 1. The molecule has 1 aliphatic heterocycles. The molecular weight excluding hydrogens is 322 g/mol. The summed E-state index contributed by atoms with van der Waals surface area (Å²) in [6.45, 7) is 4.17. The summed E-state index contributed by atoms with van der Waals surface area (Å²) in [6.07, 6.45) is 5.24. The molecule has 124 valence electrons. The first kappa shape index (κ1) is 19.3. The van der Waals surface area contributed by atoms with Crippen LogP contribution in [0.1, 0.15) is 32.1 Å². The zero-order chi connectivity index (χ0) is 15.5. The lowest BCUT2D eigenvalue weighted by Crippen LogP contribution is -2.58. The molecule has 4 nitrogen and oxygen atoms in total. The molecule has 21 heavy (non-hydrogen) atoms. The Balaban J connectivity index is 2.52. The third-order valence-electron chi connectivity index (χ3n) is 3.59. The molecule has 0 N–H and O–H groups in total. The maximum atomic E-state index is 12.5. The van der Waals surface area contributed by atoms with Crippen LogP contribution in [-0.4, -0.2) is 71.0 Å². The average Bonchev–Trinajstić information content (AvgIpc) is 2.49. The monoisotopic (exact) mass is 351 g/mol. The molecule has 7 heteroatoms. The zero-order valence-corrected chi connectivity index (χ0v) is 15.5. The van der Waals surface area contributed by atoms with Gasteiger partial charge in [0.15, 0.2) is 0 Å². The number of carbonyl (C=O) groups is 1. The topological polar surface area (TPSA) is 26.8 Å². The van der Waals surface area contributed by atoms with Crippen LogP contribution in [0.4, 0.5) is 4.79 Å². The van der Waals surface area contributed by atoms with E-state index in [1.54, 1.807) is 0 Å². The van der Waals surface area contributed by atoms with Crippen molar-refractivity contribution in [3.8, 4) is 0 Å². The van der Waals surface area contributed by atoms with Gasteiger partial charge in [-0.25, -0.2) is 4.79 Å². The predicted molar refractivity (Wildman–Crippen MR) is 99.9 cm³/mol. The van der Waals surface area contributed by atoms with Crippen molar-refractivity contribution in [1.82, 2.24) is 14.7 Å². The molecule has 0 atom stereocenters. The molecule has 0 spiro atoms. The van der Waals surface area contributed by atoms with E-state index in [2.05, 4.69) is 42.8 Å². The molecule has 1 rings (SSSR count). The highest BCUT2D eigenvalue weighted by atomic mass is 32.1. The molecule has 1 aliphatic rings. The van der Waals surface area contributed by atoms with Crippen LogP contribution in [0.25, 0.3) is 0 Å². The van der Waals surface area contributed by atoms with E-state index >= 15 is 0 Å². The molecule has 0 bridgehead atoms. The van der Waals surface area contributed by atoms with Gasteiger partial charge in [0.1, 0.15) is 0 Å². The maximum Gasteiger partial charge on any atom is 0.322 e. The second-order valence-corrected chi connectivity index (χ2v) is 6.77. The van der Waals surface area contributed by atoms with Crippen LogP contribution >= 0.6 is 37.9 Å². The van der Waals surface area contributed by atoms with Crippen molar-refractivity contribution in [3.05, 3.63) is 0 Å². The van der Waals surface area contributed by atoms with Crippen molar-refractivity contribution < 1.29 is 4.79 Å². The molecule has 0 aromatic carbocycles. The van der Waals surface area contributed by atoms with Crippen molar-refractivity contribution >= 4 is 43.9 Å². The van der Waals surface area contributed by atoms with E-state index in [0.717, 1.165) is 82.3 Å². The highest BCUT2D eigenvalue weighted by Gasteiger charge is 2.28. The van der Waals surface area contributed by atoms with Gasteiger partial charge in [0, 0.05) is 19.6 Å². The van der Waals surface area contributed by atoms with Gasteiger partial charge in [0.05, 0.1) is 13.3 Å². The first-order chi connectivity index (χ1) is 10.2. The zero-order valence-electron chi connectivity index (χ0n) is 12.8.